The Bertz CT molecular complexity index is 424. The molecule has 0 radical (unpaired) electrons. The smallest absolute Gasteiger partial charge is 0.119 e. The normalized spacial score (nSPS) is 16.5. The van der Waals surface area contributed by atoms with Crippen molar-refractivity contribution >= 4 is 5.71 Å². The molecular formula is C14H19NO2. The minimum absolute atomic E-state index is 0.664. The molecule has 1 aliphatic carbocycles. The van der Waals surface area contributed by atoms with Crippen LogP contribution in [0.25, 0.3) is 0 Å². The van der Waals surface area contributed by atoms with Gasteiger partial charge in [0.2, 0.25) is 0 Å². The highest BCUT2D eigenvalue weighted by molar-refractivity contribution is 6.04. The molecule has 1 aliphatic rings. The fourth-order valence-corrected chi connectivity index (χ4v) is 2.05. The molecule has 1 aromatic carbocycles. The molecule has 0 heterocycles. The first kappa shape index (κ1) is 12.0. The lowest BCUT2D eigenvalue weighted by Crippen LogP contribution is -2.02. The van der Waals surface area contributed by atoms with E-state index in [0.29, 0.717) is 5.92 Å². The Morgan fingerprint density at radius 3 is 2.88 bits per heavy atom. The van der Waals surface area contributed by atoms with Gasteiger partial charge in [0.15, 0.2) is 0 Å². The van der Waals surface area contributed by atoms with Gasteiger partial charge < -0.3 is 9.94 Å². The van der Waals surface area contributed by atoms with Crippen molar-refractivity contribution in [2.75, 3.05) is 6.61 Å². The number of fused-ring (bicyclic) bond motifs is 1. The van der Waals surface area contributed by atoms with E-state index < -0.39 is 0 Å². The fourth-order valence-electron chi connectivity index (χ4n) is 2.05. The topological polar surface area (TPSA) is 41.8 Å². The van der Waals surface area contributed by atoms with E-state index in [0.717, 1.165) is 42.9 Å². The molecule has 1 N–H and O–H groups in total. The maximum Gasteiger partial charge on any atom is 0.119 e. The van der Waals surface area contributed by atoms with Crippen molar-refractivity contribution in [3.63, 3.8) is 0 Å². The molecule has 1 aromatic rings. The maximum atomic E-state index is 8.84. The molecule has 3 heteroatoms. The second-order valence-electron chi connectivity index (χ2n) is 4.90. The number of aryl methyl sites for hydroxylation is 1. The zero-order chi connectivity index (χ0) is 12.3. The van der Waals surface area contributed by atoms with Crippen LogP contribution < -0.4 is 4.74 Å². The first-order valence-electron chi connectivity index (χ1n) is 6.17. The third kappa shape index (κ3) is 2.78. The minimum Gasteiger partial charge on any atom is -0.494 e. The molecule has 0 atom stereocenters. The van der Waals surface area contributed by atoms with Crippen LogP contribution in [0.15, 0.2) is 23.4 Å². The number of oxime groups is 1. The molecular weight excluding hydrogens is 214 g/mol. The number of rotatable bonds is 4. The van der Waals surface area contributed by atoms with E-state index in [9.17, 15) is 0 Å². The summed E-state index contributed by atoms with van der Waals surface area (Å²) in [5, 5.41) is 12.2. The third-order valence-electron chi connectivity index (χ3n) is 3.10. The van der Waals surface area contributed by atoms with Crippen LogP contribution in [0.3, 0.4) is 0 Å². The predicted molar refractivity (Wildman–Crippen MR) is 68.0 cm³/mol. The summed E-state index contributed by atoms with van der Waals surface area (Å²) in [5.41, 5.74) is 3.07. The summed E-state index contributed by atoms with van der Waals surface area (Å²) in [7, 11) is 0. The van der Waals surface area contributed by atoms with E-state index in [4.69, 9.17) is 9.94 Å². The van der Waals surface area contributed by atoms with Crippen molar-refractivity contribution in [2.45, 2.75) is 33.1 Å². The lowest BCUT2D eigenvalue weighted by molar-refractivity contribution is 0.289. The van der Waals surface area contributed by atoms with Gasteiger partial charge in [0, 0.05) is 5.56 Å². The molecule has 0 unspecified atom stereocenters. The molecule has 0 saturated carbocycles. The summed E-state index contributed by atoms with van der Waals surface area (Å²) < 4.78 is 5.71. The van der Waals surface area contributed by atoms with Crippen LogP contribution in [0.1, 0.15) is 37.8 Å². The summed E-state index contributed by atoms with van der Waals surface area (Å²) in [5.74, 6) is 1.58. The van der Waals surface area contributed by atoms with Crippen molar-refractivity contribution in [3.8, 4) is 5.75 Å². The predicted octanol–water partition coefficient (Wildman–Crippen LogP) is 3.24. The van der Waals surface area contributed by atoms with Gasteiger partial charge in [-0.05, 0) is 48.9 Å². The number of nitrogens with zero attached hydrogens (tertiary/aromatic N) is 1. The Balaban J connectivity index is 2.03. The van der Waals surface area contributed by atoms with Crippen molar-refractivity contribution in [1.82, 2.24) is 0 Å². The molecule has 0 aromatic heterocycles. The van der Waals surface area contributed by atoms with E-state index in [1.807, 2.05) is 12.1 Å². The van der Waals surface area contributed by atoms with Crippen molar-refractivity contribution < 1.29 is 9.94 Å². The van der Waals surface area contributed by atoms with Gasteiger partial charge in [0.1, 0.15) is 5.75 Å². The molecule has 0 bridgehead atoms. The van der Waals surface area contributed by atoms with Crippen LogP contribution in [0.4, 0.5) is 0 Å². The molecule has 0 amide bonds. The fraction of sp³-hybridized carbons (Fsp3) is 0.500. The van der Waals surface area contributed by atoms with Gasteiger partial charge in [-0.15, -0.1) is 0 Å². The molecule has 2 rings (SSSR count). The molecule has 92 valence electrons. The monoisotopic (exact) mass is 233 g/mol. The second-order valence-corrected chi connectivity index (χ2v) is 4.90. The van der Waals surface area contributed by atoms with E-state index in [1.54, 1.807) is 0 Å². The number of hydrogen-bond donors (Lipinski definition) is 1. The van der Waals surface area contributed by atoms with Gasteiger partial charge in [0.05, 0.1) is 12.3 Å². The van der Waals surface area contributed by atoms with Gasteiger partial charge in [-0.1, -0.05) is 19.0 Å². The first-order valence-corrected chi connectivity index (χ1v) is 6.17. The third-order valence-corrected chi connectivity index (χ3v) is 3.10. The van der Waals surface area contributed by atoms with Crippen LogP contribution in [-0.4, -0.2) is 17.5 Å². The Hall–Kier alpha value is -1.51. The number of hydrogen-bond acceptors (Lipinski definition) is 3. The zero-order valence-corrected chi connectivity index (χ0v) is 10.4. The maximum absolute atomic E-state index is 8.84. The van der Waals surface area contributed by atoms with Gasteiger partial charge in [0.25, 0.3) is 0 Å². The lowest BCUT2D eigenvalue weighted by Gasteiger charge is -2.09. The number of benzene rings is 1. The molecule has 0 spiro atoms. The minimum atomic E-state index is 0.664. The first-order chi connectivity index (χ1) is 8.20. The highest BCUT2D eigenvalue weighted by atomic mass is 16.5. The summed E-state index contributed by atoms with van der Waals surface area (Å²) in [6.45, 7) is 5.14. The highest BCUT2D eigenvalue weighted by Crippen LogP contribution is 2.26. The lowest BCUT2D eigenvalue weighted by atomic mass is 10.1. The van der Waals surface area contributed by atoms with Crippen molar-refractivity contribution in [3.05, 3.63) is 29.3 Å². The van der Waals surface area contributed by atoms with Crippen LogP contribution >= 0.6 is 0 Å². The summed E-state index contributed by atoms with van der Waals surface area (Å²) >= 11 is 0. The standard InChI is InChI=1S/C14H19NO2/c1-10(2)7-8-17-12-4-5-13-11(9-12)3-6-14(13)15-16/h4-5,9-10,16H,3,6-8H2,1-2H3/b15-14+. The zero-order valence-electron chi connectivity index (χ0n) is 10.4. The van der Waals surface area contributed by atoms with E-state index >= 15 is 0 Å². The van der Waals surface area contributed by atoms with E-state index in [2.05, 4.69) is 25.1 Å². The Morgan fingerprint density at radius 1 is 1.35 bits per heavy atom. The SMILES string of the molecule is CC(C)CCOc1ccc2c(c1)CC/C2=N\O. The molecule has 17 heavy (non-hydrogen) atoms. The summed E-state index contributed by atoms with van der Waals surface area (Å²) in [4.78, 5) is 0. The van der Waals surface area contributed by atoms with Gasteiger partial charge in [-0.3, -0.25) is 0 Å². The van der Waals surface area contributed by atoms with Gasteiger partial charge in [-0.25, -0.2) is 0 Å². The summed E-state index contributed by atoms with van der Waals surface area (Å²) in [6, 6.07) is 6.01. The van der Waals surface area contributed by atoms with Gasteiger partial charge in [-0.2, -0.15) is 0 Å². The van der Waals surface area contributed by atoms with E-state index in [1.165, 1.54) is 5.56 Å². The van der Waals surface area contributed by atoms with Crippen molar-refractivity contribution in [2.24, 2.45) is 11.1 Å². The van der Waals surface area contributed by atoms with Crippen molar-refractivity contribution in [1.29, 1.82) is 0 Å². The molecule has 0 aliphatic heterocycles. The Labute approximate surface area is 102 Å². The second kappa shape index (κ2) is 5.21. The van der Waals surface area contributed by atoms with Crippen LogP contribution in [-0.2, 0) is 6.42 Å². The van der Waals surface area contributed by atoms with Crippen LogP contribution in [0.5, 0.6) is 5.75 Å². The largest absolute Gasteiger partial charge is 0.494 e. The van der Waals surface area contributed by atoms with Crippen LogP contribution in [0, 0.1) is 5.92 Å². The quantitative estimate of drug-likeness (QED) is 0.640. The molecule has 3 nitrogen and oxygen atoms in total. The van der Waals surface area contributed by atoms with Gasteiger partial charge >= 0.3 is 0 Å². The van der Waals surface area contributed by atoms with E-state index in [-0.39, 0.29) is 0 Å². The molecule has 0 fully saturated rings. The van der Waals surface area contributed by atoms with Crippen LogP contribution in [0.2, 0.25) is 0 Å². The average molecular weight is 233 g/mol. The Morgan fingerprint density at radius 2 is 2.18 bits per heavy atom. The summed E-state index contributed by atoms with van der Waals surface area (Å²) in [6.07, 6.45) is 2.83. The Kier molecular flexibility index (Phi) is 3.67. The number of ether oxygens (including phenoxy) is 1. The highest BCUT2D eigenvalue weighted by Gasteiger charge is 2.18. The average Bonchev–Trinajstić information content (AvgIpc) is 2.70. The molecule has 0 saturated heterocycles.